The van der Waals surface area contributed by atoms with E-state index in [4.69, 9.17) is 11.6 Å². The first-order chi connectivity index (χ1) is 9.50. The Labute approximate surface area is 123 Å². The molecule has 0 spiro atoms. The third-order valence-corrected chi connectivity index (χ3v) is 3.73. The van der Waals surface area contributed by atoms with Crippen LogP contribution in [0, 0.1) is 11.8 Å². The third kappa shape index (κ3) is 3.07. The fourth-order valence-electron chi connectivity index (χ4n) is 2.52. The van der Waals surface area contributed by atoms with Crippen LogP contribution in [0.1, 0.15) is 37.2 Å². The lowest BCUT2D eigenvalue weighted by atomic mass is 9.86. The first kappa shape index (κ1) is 14.7. The van der Waals surface area contributed by atoms with E-state index < -0.39 is 0 Å². The van der Waals surface area contributed by atoms with Crippen molar-refractivity contribution in [3.63, 3.8) is 0 Å². The number of benzene rings is 1. The van der Waals surface area contributed by atoms with Crippen LogP contribution in [0.15, 0.2) is 36.9 Å². The molecule has 1 heterocycles. The summed E-state index contributed by atoms with van der Waals surface area (Å²) in [6.07, 6.45) is 3.16. The molecular formula is C15H18ClN3O. The van der Waals surface area contributed by atoms with Crippen LogP contribution < -0.4 is 0 Å². The molecule has 2 atom stereocenters. The van der Waals surface area contributed by atoms with Crippen molar-refractivity contribution in [3.05, 3.63) is 47.5 Å². The largest absolute Gasteiger partial charge is 0.294 e. The maximum absolute atomic E-state index is 12.6. The van der Waals surface area contributed by atoms with Crippen molar-refractivity contribution in [1.82, 2.24) is 14.8 Å². The van der Waals surface area contributed by atoms with E-state index in [0.29, 0.717) is 10.6 Å². The quantitative estimate of drug-likeness (QED) is 0.790. The maximum Gasteiger partial charge on any atom is 0.167 e. The highest BCUT2D eigenvalue weighted by Gasteiger charge is 2.29. The number of ketones is 1. The topological polar surface area (TPSA) is 47.8 Å². The van der Waals surface area contributed by atoms with Crippen LogP contribution in [0.3, 0.4) is 0 Å². The van der Waals surface area contributed by atoms with Crippen molar-refractivity contribution in [1.29, 1.82) is 0 Å². The van der Waals surface area contributed by atoms with Crippen molar-refractivity contribution in [2.75, 3.05) is 0 Å². The van der Waals surface area contributed by atoms with E-state index in [2.05, 4.69) is 23.9 Å². The van der Waals surface area contributed by atoms with Crippen molar-refractivity contribution >= 4 is 17.4 Å². The molecule has 0 aliphatic carbocycles. The van der Waals surface area contributed by atoms with Gasteiger partial charge in [0.2, 0.25) is 0 Å². The van der Waals surface area contributed by atoms with Gasteiger partial charge in [-0.25, -0.2) is 9.67 Å². The Hall–Kier alpha value is -1.68. The molecular weight excluding hydrogens is 274 g/mol. The minimum absolute atomic E-state index is 0.0133. The van der Waals surface area contributed by atoms with Gasteiger partial charge in [0.05, 0.1) is 6.04 Å². The number of rotatable bonds is 5. The van der Waals surface area contributed by atoms with Gasteiger partial charge in [-0.05, 0) is 30.2 Å². The number of aromatic nitrogens is 3. The number of hydrogen-bond donors (Lipinski definition) is 0. The minimum atomic E-state index is -0.183. The molecule has 2 unspecified atom stereocenters. The lowest BCUT2D eigenvalue weighted by Crippen LogP contribution is -2.28. The molecule has 2 aromatic rings. The van der Waals surface area contributed by atoms with Gasteiger partial charge in [0, 0.05) is 16.5 Å². The Morgan fingerprint density at radius 1 is 1.20 bits per heavy atom. The summed E-state index contributed by atoms with van der Waals surface area (Å²) < 4.78 is 1.77. The zero-order valence-electron chi connectivity index (χ0n) is 11.8. The molecule has 20 heavy (non-hydrogen) atoms. The predicted molar refractivity (Wildman–Crippen MR) is 78.8 cm³/mol. The lowest BCUT2D eigenvalue weighted by Gasteiger charge is -2.26. The average Bonchev–Trinajstić information content (AvgIpc) is 2.92. The van der Waals surface area contributed by atoms with Crippen LogP contribution in [0.2, 0.25) is 5.02 Å². The second-order valence-electron chi connectivity index (χ2n) is 5.27. The molecule has 1 aromatic carbocycles. The van der Waals surface area contributed by atoms with Gasteiger partial charge >= 0.3 is 0 Å². The van der Waals surface area contributed by atoms with Gasteiger partial charge in [-0.3, -0.25) is 4.79 Å². The van der Waals surface area contributed by atoms with Crippen LogP contribution in [-0.2, 0) is 0 Å². The molecule has 0 aliphatic rings. The van der Waals surface area contributed by atoms with Gasteiger partial charge in [-0.15, -0.1) is 0 Å². The maximum atomic E-state index is 12.6. The molecule has 5 heteroatoms. The molecule has 0 saturated carbocycles. The van der Waals surface area contributed by atoms with Crippen molar-refractivity contribution in [3.8, 4) is 0 Å². The van der Waals surface area contributed by atoms with Crippen LogP contribution >= 0.6 is 11.6 Å². The summed E-state index contributed by atoms with van der Waals surface area (Å²) >= 11 is 5.86. The molecule has 0 N–H and O–H groups in total. The van der Waals surface area contributed by atoms with Gasteiger partial charge in [0.1, 0.15) is 12.7 Å². The SMILES string of the molecule is CC(C)C(C(C)C(=O)c1ccc(Cl)cc1)n1cncn1. The standard InChI is InChI=1S/C15H18ClN3O/c1-10(2)14(19-9-17-8-18-19)11(3)15(20)12-4-6-13(16)7-5-12/h4-11,14H,1-3H3. The Bertz CT molecular complexity index is 563. The summed E-state index contributed by atoms with van der Waals surface area (Å²) in [5.74, 6) is 0.191. The van der Waals surface area contributed by atoms with Gasteiger partial charge in [-0.2, -0.15) is 5.10 Å². The number of Topliss-reactive ketones (excluding diaryl/α,β-unsaturated/α-hetero) is 1. The summed E-state index contributed by atoms with van der Waals surface area (Å²) in [5, 5.41) is 4.81. The van der Waals surface area contributed by atoms with E-state index in [1.807, 2.05) is 6.92 Å². The van der Waals surface area contributed by atoms with E-state index in [-0.39, 0.29) is 23.7 Å². The van der Waals surface area contributed by atoms with E-state index in [9.17, 15) is 4.79 Å². The number of carbonyl (C=O) groups excluding carboxylic acids is 1. The Kier molecular flexibility index (Phi) is 4.55. The van der Waals surface area contributed by atoms with Crippen LogP contribution in [0.4, 0.5) is 0 Å². The zero-order valence-corrected chi connectivity index (χ0v) is 12.6. The lowest BCUT2D eigenvalue weighted by molar-refractivity contribution is 0.0857. The molecule has 0 bridgehead atoms. The Balaban J connectivity index is 2.26. The van der Waals surface area contributed by atoms with E-state index in [1.165, 1.54) is 6.33 Å². The molecule has 0 radical (unpaired) electrons. The fraction of sp³-hybridized carbons (Fsp3) is 0.400. The molecule has 0 saturated heterocycles. The predicted octanol–water partition coefficient (Wildman–Crippen LogP) is 3.65. The number of halogens is 1. The summed E-state index contributed by atoms with van der Waals surface area (Å²) in [4.78, 5) is 16.6. The van der Waals surface area contributed by atoms with E-state index in [0.717, 1.165) is 0 Å². The Morgan fingerprint density at radius 2 is 1.85 bits per heavy atom. The second kappa shape index (κ2) is 6.18. The smallest absolute Gasteiger partial charge is 0.167 e. The molecule has 0 fully saturated rings. The van der Waals surface area contributed by atoms with E-state index in [1.54, 1.807) is 35.3 Å². The van der Waals surface area contributed by atoms with Crippen molar-refractivity contribution < 1.29 is 4.79 Å². The second-order valence-corrected chi connectivity index (χ2v) is 5.71. The number of carbonyl (C=O) groups is 1. The highest BCUT2D eigenvalue weighted by Crippen LogP contribution is 2.28. The van der Waals surface area contributed by atoms with Crippen molar-refractivity contribution in [2.45, 2.75) is 26.8 Å². The first-order valence-electron chi connectivity index (χ1n) is 6.64. The van der Waals surface area contributed by atoms with Gasteiger partial charge in [-0.1, -0.05) is 32.4 Å². The molecule has 0 amide bonds. The summed E-state index contributed by atoms with van der Waals surface area (Å²) in [6.45, 7) is 6.10. The summed E-state index contributed by atoms with van der Waals surface area (Å²) in [5.41, 5.74) is 0.674. The summed E-state index contributed by atoms with van der Waals surface area (Å²) in [6, 6.07) is 6.99. The number of nitrogens with zero attached hydrogens (tertiary/aromatic N) is 3. The van der Waals surface area contributed by atoms with Crippen LogP contribution in [0.25, 0.3) is 0 Å². The van der Waals surface area contributed by atoms with Crippen LogP contribution in [0.5, 0.6) is 0 Å². The van der Waals surface area contributed by atoms with E-state index >= 15 is 0 Å². The summed E-state index contributed by atoms with van der Waals surface area (Å²) in [7, 11) is 0. The third-order valence-electron chi connectivity index (χ3n) is 3.48. The minimum Gasteiger partial charge on any atom is -0.294 e. The van der Waals surface area contributed by atoms with Crippen molar-refractivity contribution in [2.24, 2.45) is 11.8 Å². The normalized spacial score (nSPS) is 14.2. The van der Waals surface area contributed by atoms with Gasteiger partial charge in [0.15, 0.2) is 5.78 Å². The highest BCUT2D eigenvalue weighted by molar-refractivity contribution is 6.30. The number of hydrogen-bond acceptors (Lipinski definition) is 3. The fourth-order valence-corrected chi connectivity index (χ4v) is 2.64. The molecule has 4 nitrogen and oxygen atoms in total. The Morgan fingerprint density at radius 3 is 2.35 bits per heavy atom. The molecule has 0 aliphatic heterocycles. The first-order valence-corrected chi connectivity index (χ1v) is 7.02. The molecule has 2 rings (SSSR count). The van der Waals surface area contributed by atoms with Crippen LogP contribution in [-0.4, -0.2) is 20.5 Å². The van der Waals surface area contributed by atoms with Gasteiger partial charge < -0.3 is 0 Å². The molecule has 1 aromatic heterocycles. The highest BCUT2D eigenvalue weighted by atomic mass is 35.5. The average molecular weight is 292 g/mol. The molecule has 106 valence electrons. The zero-order chi connectivity index (χ0) is 14.7. The van der Waals surface area contributed by atoms with Gasteiger partial charge in [0.25, 0.3) is 0 Å². The monoisotopic (exact) mass is 291 g/mol.